The molecule has 0 unspecified atom stereocenters. The van der Waals surface area contributed by atoms with E-state index in [1.807, 2.05) is 13.1 Å². The van der Waals surface area contributed by atoms with Gasteiger partial charge in [0.2, 0.25) is 0 Å². The number of nitrogens with zero attached hydrogens (tertiary/aromatic N) is 2. The maximum Gasteiger partial charge on any atom is 0.335 e. The summed E-state index contributed by atoms with van der Waals surface area (Å²) in [6.07, 6.45) is 5.25. The summed E-state index contributed by atoms with van der Waals surface area (Å²) in [4.78, 5) is 13.6. The first-order chi connectivity index (χ1) is 10.1. The van der Waals surface area contributed by atoms with Crippen molar-refractivity contribution >= 4 is 16.9 Å². The van der Waals surface area contributed by atoms with Crippen LogP contribution in [-0.4, -0.2) is 33.6 Å². The van der Waals surface area contributed by atoms with Crippen LogP contribution in [0.15, 0.2) is 24.3 Å². The Balaban J connectivity index is 1.88. The van der Waals surface area contributed by atoms with E-state index in [4.69, 9.17) is 5.11 Å². The monoisotopic (exact) mass is 286 g/mol. The molecule has 2 aromatic rings. The fraction of sp³-hybridized carbons (Fsp3) is 0.471. The molecule has 1 aromatic carbocycles. The topological polar surface area (TPSA) is 45.5 Å². The molecule has 0 atom stereocenters. The third-order valence-electron chi connectivity index (χ3n) is 4.48. The van der Waals surface area contributed by atoms with Crippen LogP contribution in [0.2, 0.25) is 0 Å². The van der Waals surface area contributed by atoms with E-state index in [-0.39, 0.29) is 0 Å². The lowest BCUT2D eigenvalue weighted by Gasteiger charge is -2.20. The predicted molar refractivity (Wildman–Crippen MR) is 83.6 cm³/mol. The van der Waals surface area contributed by atoms with Gasteiger partial charge >= 0.3 is 5.97 Å². The van der Waals surface area contributed by atoms with Gasteiger partial charge in [0, 0.05) is 24.8 Å². The van der Waals surface area contributed by atoms with Crippen LogP contribution in [0.25, 0.3) is 10.9 Å². The molecule has 4 nitrogen and oxygen atoms in total. The van der Waals surface area contributed by atoms with Crippen molar-refractivity contribution in [2.24, 2.45) is 7.05 Å². The number of hydrogen-bond acceptors (Lipinski definition) is 2. The molecule has 4 heteroatoms. The smallest absolute Gasteiger partial charge is 0.335 e. The summed E-state index contributed by atoms with van der Waals surface area (Å²) in [6, 6.07) is 7.54. The fourth-order valence-electron chi connectivity index (χ4n) is 3.20. The van der Waals surface area contributed by atoms with Crippen LogP contribution < -0.4 is 0 Å². The average molecular weight is 286 g/mol. The minimum atomic E-state index is -0.868. The summed E-state index contributed by atoms with van der Waals surface area (Å²) in [5.41, 5.74) is 2.61. The lowest BCUT2D eigenvalue weighted by atomic mass is 10.1. The Hall–Kier alpha value is -1.81. The van der Waals surface area contributed by atoms with Crippen LogP contribution >= 0.6 is 0 Å². The molecule has 0 amide bonds. The lowest BCUT2D eigenvalue weighted by Crippen LogP contribution is -2.25. The minimum absolute atomic E-state index is 0.352. The quantitative estimate of drug-likeness (QED) is 0.942. The molecule has 1 fully saturated rings. The number of benzene rings is 1. The molecule has 2 heterocycles. The van der Waals surface area contributed by atoms with Crippen molar-refractivity contribution in [3.63, 3.8) is 0 Å². The van der Waals surface area contributed by atoms with Crippen LogP contribution in [-0.2, 0) is 13.6 Å². The molecule has 1 N–H and O–H groups in total. The van der Waals surface area contributed by atoms with Gasteiger partial charge in [-0.1, -0.05) is 18.9 Å². The molecule has 1 aromatic heterocycles. The van der Waals surface area contributed by atoms with Gasteiger partial charge in [0.15, 0.2) is 0 Å². The van der Waals surface area contributed by atoms with E-state index >= 15 is 0 Å². The summed E-state index contributed by atoms with van der Waals surface area (Å²) >= 11 is 0. The number of aryl methyl sites for hydroxylation is 1. The molecule has 112 valence electrons. The van der Waals surface area contributed by atoms with E-state index in [0.29, 0.717) is 5.56 Å². The van der Waals surface area contributed by atoms with Gasteiger partial charge in [-0.3, -0.25) is 4.90 Å². The molecule has 0 saturated carbocycles. The van der Waals surface area contributed by atoms with Crippen molar-refractivity contribution in [1.82, 2.24) is 9.47 Å². The molecule has 0 bridgehead atoms. The maximum atomic E-state index is 11.1. The third kappa shape index (κ3) is 2.95. The summed E-state index contributed by atoms with van der Waals surface area (Å²) in [7, 11) is 2.03. The normalized spacial score (nSPS) is 17.0. The zero-order chi connectivity index (χ0) is 14.8. The summed E-state index contributed by atoms with van der Waals surface area (Å²) in [5.74, 6) is -0.868. The van der Waals surface area contributed by atoms with Gasteiger partial charge in [0.1, 0.15) is 0 Å². The van der Waals surface area contributed by atoms with Crippen LogP contribution in [0.1, 0.15) is 41.7 Å². The Kier molecular flexibility index (Phi) is 3.97. The Labute approximate surface area is 125 Å². The lowest BCUT2D eigenvalue weighted by molar-refractivity contribution is 0.0697. The molecule has 1 aliphatic heterocycles. The molecule has 3 rings (SSSR count). The first kappa shape index (κ1) is 14.1. The highest BCUT2D eigenvalue weighted by molar-refractivity contribution is 5.93. The van der Waals surface area contributed by atoms with Gasteiger partial charge in [-0.05, 0) is 49.5 Å². The van der Waals surface area contributed by atoms with Crippen molar-refractivity contribution in [1.29, 1.82) is 0 Å². The molecule has 0 spiro atoms. The number of likely N-dealkylation sites (tertiary alicyclic amines) is 1. The molecule has 1 saturated heterocycles. The van der Waals surface area contributed by atoms with Crippen molar-refractivity contribution in [3.05, 3.63) is 35.5 Å². The Bertz CT molecular complexity index is 652. The molecular formula is C17H22N2O2. The minimum Gasteiger partial charge on any atom is -0.478 e. The zero-order valence-corrected chi connectivity index (χ0v) is 12.5. The SMILES string of the molecule is Cn1c(CN2CCCCCC2)cc2ccc(C(=O)O)cc21. The molecule has 1 aliphatic rings. The molecule has 21 heavy (non-hydrogen) atoms. The van der Waals surface area contributed by atoms with E-state index in [0.717, 1.165) is 17.4 Å². The van der Waals surface area contributed by atoms with E-state index in [1.54, 1.807) is 12.1 Å². The van der Waals surface area contributed by atoms with Gasteiger partial charge in [-0.25, -0.2) is 4.79 Å². The van der Waals surface area contributed by atoms with Crippen LogP contribution in [0, 0.1) is 0 Å². The van der Waals surface area contributed by atoms with Crippen LogP contribution in [0.5, 0.6) is 0 Å². The predicted octanol–water partition coefficient (Wildman–Crippen LogP) is 3.25. The zero-order valence-electron chi connectivity index (χ0n) is 12.5. The summed E-state index contributed by atoms with van der Waals surface area (Å²) in [5, 5.41) is 10.2. The standard InChI is InChI=1S/C17H22N2O2/c1-18-15(12-19-8-4-2-3-5-9-19)10-13-6-7-14(17(20)21)11-16(13)18/h6-7,10-11H,2-5,8-9,12H2,1H3,(H,20,21). The van der Waals surface area contributed by atoms with Crippen molar-refractivity contribution in [2.75, 3.05) is 13.1 Å². The highest BCUT2D eigenvalue weighted by Crippen LogP contribution is 2.22. The second kappa shape index (κ2) is 5.90. The largest absolute Gasteiger partial charge is 0.478 e. The third-order valence-corrected chi connectivity index (χ3v) is 4.48. The molecule has 0 aliphatic carbocycles. The Morgan fingerprint density at radius 2 is 1.86 bits per heavy atom. The number of carboxylic acid groups (broad SMARTS) is 1. The number of fused-ring (bicyclic) bond motifs is 1. The number of carbonyl (C=O) groups is 1. The van der Waals surface area contributed by atoms with E-state index in [1.165, 1.54) is 44.5 Å². The van der Waals surface area contributed by atoms with Crippen LogP contribution in [0.4, 0.5) is 0 Å². The highest BCUT2D eigenvalue weighted by atomic mass is 16.4. The number of hydrogen-bond donors (Lipinski definition) is 1. The van der Waals surface area contributed by atoms with Gasteiger partial charge in [-0.15, -0.1) is 0 Å². The van der Waals surface area contributed by atoms with Crippen molar-refractivity contribution in [3.8, 4) is 0 Å². The van der Waals surface area contributed by atoms with Gasteiger partial charge in [0.25, 0.3) is 0 Å². The average Bonchev–Trinajstić information content (AvgIpc) is 2.66. The summed E-state index contributed by atoms with van der Waals surface area (Å²) < 4.78 is 2.13. The number of aromatic nitrogens is 1. The van der Waals surface area contributed by atoms with Crippen LogP contribution in [0.3, 0.4) is 0 Å². The second-order valence-corrected chi connectivity index (χ2v) is 5.96. The van der Waals surface area contributed by atoms with E-state index in [9.17, 15) is 4.79 Å². The van der Waals surface area contributed by atoms with E-state index in [2.05, 4.69) is 15.5 Å². The summed E-state index contributed by atoms with van der Waals surface area (Å²) in [6.45, 7) is 3.29. The van der Waals surface area contributed by atoms with Crippen molar-refractivity contribution < 1.29 is 9.90 Å². The highest BCUT2D eigenvalue weighted by Gasteiger charge is 2.14. The van der Waals surface area contributed by atoms with Gasteiger partial charge in [-0.2, -0.15) is 0 Å². The molecule has 0 radical (unpaired) electrons. The Morgan fingerprint density at radius 1 is 1.14 bits per heavy atom. The second-order valence-electron chi connectivity index (χ2n) is 5.96. The van der Waals surface area contributed by atoms with Crippen molar-refractivity contribution in [2.45, 2.75) is 32.2 Å². The first-order valence-electron chi connectivity index (χ1n) is 7.69. The fourth-order valence-corrected chi connectivity index (χ4v) is 3.20. The first-order valence-corrected chi connectivity index (χ1v) is 7.69. The maximum absolute atomic E-state index is 11.1. The van der Waals surface area contributed by atoms with Gasteiger partial charge < -0.3 is 9.67 Å². The Morgan fingerprint density at radius 3 is 2.52 bits per heavy atom. The number of aromatic carboxylic acids is 1. The van der Waals surface area contributed by atoms with E-state index < -0.39 is 5.97 Å². The van der Waals surface area contributed by atoms with Gasteiger partial charge in [0.05, 0.1) is 5.56 Å². The molecular weight excluding hydrogens is 264 g/mol. The number of rotatable bonds is 3. The number of carboxylic acids is 1.